The molecule has 5 nitrogen and oxygen atoms in total. The van der Waals surface area contributed by atoms with Gasteiger partial charge in [-0.15, -0.1) is 0 Å². The van der Waals surface area contributed by atoms with E-state index in [1.165, 1.54) is 7.11 Å². The van der Waals surface area contributed by atoms with Crippen molar-refractivity contribution in [3.8, 4) is 0 Å². The molecule has 1 saturated heterocycles. The molecule has 0 aromatic heterocycles. The highest BCUT2D eigenvalue weighted by Crippen LogP contribution is 2.48. The van der Waals surface area contributed by atoms with Crippen molar-refractivity contribution >= 4 is 29.2 Å². The van der Waals surface area contributed by atoms with Crippen LogP contribution in [-0.2, 0) is 25.7 Å². The molecule has 2 aromatic carbocycles. The van der Waals surface area contributed by atoms with Crippen LogP contribution in [0.25, 0.3) is 0 Å². The van der Waals surface area contributed by atoms with Crippen LogP contribution in [0.5, 0.6) is 0 Å². The Bertz CT molecular complexity index is 915. The molecule has 4 rings (SSSR count). The first-order valence-corrected chi connectivity index (χ1v) is 9.21. The van der Waals surface area contributed by atoms with Crippen molar-refractivity contribution in [1.29, 1.82) is 0 Å². The Balaban J connectivity index is 1.83. The summed E-state index contributed by atoms with van der Waals surface area (Å²) in [6.07, 6.45) is 0.465. The summed E-state index contributed by atoms with van der Waals surface area (Å²) >= 11 is 6.16. The number of hydrogen-bond donors (Lipinski definition) is 0. The average Bonchev–Trinajstić information content (AvgIpc) is 2.66. The quantitative estimate of drug-likeness (QED) is 0.581. The molecular weight excluding hydrogens is 366 g/mol. The molecule has 0 aliphatic carbocycles. The average molecular weight is 386 g/mol. The van der Waals surface area contributed by atoms with Crippen LogP contribution in [0.4, 0.5) is 5.69 Å². The predicted octanol–water partition coefficient (Wildman–Crippen LogP) is 3.90. The summed E-state index contributed by atoms with van der Waals surface area (Å²) in [5.74, 6) is -2.19. The molecule has 2 aliphatic heterocycles. The third-order valence-electron chi connectivity index (χ3n) is 5.46. The Kier molecular flexibility index (Phi) is 4.44. The molecule has 0 saturated carbocycles. The third-order valence-corrected chi connectivity index (χ3v) is 5.70. The molecule has 0 unspecified atom stereocenters. The molecule has 6 heteroatoms. The van der Waals surface area contributed by atoms with Gasteiger partial charge in [-0.25, -0.2) is 0 Å². The fourth-order valence-electron chi connectivity index (χ4n) is 4.18. The lowest BCUT2D eigenvalue weighted by atomic mass is 9.75. The first-order valence-electron chi connectivity index (χ1n) is 8.84. The molecule has 140 valence electrons. The van der Waals surface area contributed by atoms with Gasteiger partial charge in [-0.1, -0.05) is 41.9 Å². The summed E-state index contributed by atoms with van der Waals surface area (Å²) in [4.78, 5) is 27.7. The monoisotopic (exact) mass is 385 g/mol. The number of nitrogens with zero attached hydrogens (tertiary/aromatic N) is 1. The molecule has 2 aliphatic rings. The molecule has 0 radical (unpaired) electrons. The molecule has 2 aromatic rings. The molecule has 27 heavy (non-hydrogen) atoms. The van der Waals surface area contributed by atoms with E-state index < -0.39 is 17.6 Å². The number of hydrogen-bond acceptors (Lipinski definition) is 4. The summed E-state index contributed by atoms with van der Waals surface area (Å²) in [6, 6.07) is 14.9. The van der Waals surface area contributed by atoms with Crippen LogP contribution in [0.1, 0.15) is 30.4 Å². The Morgan fingerprint density at radius 1 is 1.26 bits per heavy atom. The maximum atomic E-state index is 13.5. The smallest absolute Gasteiger partial charge is 0.318 e. The van der Waals surface area contributed by atoms with Crippen molar-refractivity contribution in [2.24, 2.45) is 5.92 Å². The van der Waals surface area contributed by atoms with Crippen LogP contribution in [-0.4, -0.2) is 24.7 Å². The lowest BCUT2D eigenvalue weighted by Crippen LogP contribution is -2.62. The van der Waals surface area contributed by atoms with E-state index in [4.69, 9.17) is 21.1 Å². The van der Waals surface area contributed by atoms with Gasteiger partial charge in [0.25, 0.3) is 0 Å². The molecule has 0 spiro atoms. The number of fused-ring (bicyclic) bond motifs is 3. The van der Waals surface area contributed by atoms with Gasteiger partial charge in [0, 0.05) is 22.9 Å². The maximum Gasteiger partial charge on any atom is 0.318 e. The number of amides is 1. The second-order valence-electron chi connectivity index (χ2n) is 7.13. The maximum absolute atomic E-state index is 13.5. The van der Waals surface area contributed by atoms with Crippen LogP contribution in [0, 0.1) is 5.92 Å². The van der Waals surface area contributed by atoms with E-state index in [-0.39, 0.29) is 11.8 Å². The van der Waals surface area contributed by atoms with E-state index in [2.05, 4.69) is 0 Å². The molecule has 3 atom stereocenters. The zero-order valence-corrected chi connectivity index (χ0v) is 15.9. The summed E-state index contributed by atoms with van der Waals surface area (Å²) in [5.41, 5.74) is 1.69. The number of carbonyl (C=O) groups excluding carboxylic acids is 2. The van der Waals surface area contributed by atoms with E-state index in [0.29, 0.717) is 18.1 Å². The summed E-state index contributed by atoms with van der Waals surface area (Å²) in [5, 5.41) is 0.561. The minimum absolute atomic E-state index is 0.312. The number of anilines is 1. The Hall–Kier alpha value is -2.37. The fourth-order valence-corrected chi connectivity index (χ4v) is 4.38. The van der Waals surface area contributed by atoms with Crippen LogP contribution < -0.4 is 4.90 Å². The van der Waals surface area contributed by atoms with Gasteiger partial charge in [0.1, 0.15) is 11.6 Å². The van der Waals surface area contributed by atoms with Gasteiger partial charge in [-0.3, -0.25) is 14.5 Å². The Morgan fingerprint density at radius 3 is 2.78 bits per heavy atom. The first kappa shape index (κ1) is 18.0. The topological polar surface area (TPSA) is 55.8 Å². The van der Waals surface area contributed by atoms with Crippen molar-refractivity contribution < 1.29 is 19.1 Å². The van der Waals surface area contributed by atoms with Gasteiger partial charge in [-0.05, 0) is 30.7 Å². The first-order chi connectivity index (χ1) is 12.9. The minimum atomic E-state index is -0.948. The number of benzene rings is 2. The standard InChI is InChI=1S/C21H20ClNO4/c1-21-11-16(13-7-5-8-15(22)10-13)18(20(25)26-2)19(24)23(21)17-9-4-3-6-14(17)12-27-21/h3-10,16,18H,11-12H2,1-2H3/t16-,18-,21-/m1/s1. The van der Waals surface area contributed by atoms with E-state index in [1.807, 2.05) is 43.3 Å². The largest absolute Gasteiger partial charge is 0.468 e. The van der Waals surface area contributed by atoms with Crippen molar-refractivity contribution in [1.82, 2.24) is 0 Å². The molecule has 0 N–H and O–H groups in total. The zero-order chi connectivity index (χ0) is 19.2. The number of esters is 1. The third kappa shape index (κ3) is 2.91. The van der Waals surface area contributed by atoms with Crippen LogP contribution >= 0.6 is 11.6 Å². The second-order valence-corrected chi connectivity index (χ2v) is 7.57. The predicted molar refractivity (Wildman–Crippen MR) is 101 cm³/mol. The van der Waals surface area contributed by atoms with Gasteiger partial charge >= 0.3 is 5.97 Å². The van der Waals surface area contributed by atoms with E-state index >= 15 is 0 Å². The summed E-state index contributed by atoms with van der Waals surface area (Å²) in [7, 11) is 1.30. The Labute approximate surface area is 162 Å². The normalized spacial score (nSPS) is 26.9. The van der Waals surface area contributed by atoms with Crippen molar-refractivity contribution in [3.05, 3.63) is 64.7 Å². The highest BCUT2D eigenvalue weighted by atomic mass is 35.5. The van der Waals surface area contributed by atoms with Crippen LogP contribution in [0.3, 0.4) is 0 Å². The number of piperidine rings is 1. The van der Waals surface area contributed by atoms with Crippen LogP contribution in [0.15, 0.2) is 48.5 Å². The van der Waals surface area contributed by atoms with Gasteiger partial charge in [0.05, 0.1) is 19.4 Å². The number of methoxy groups -OCH3 is 1. The van der Waals surface area contributed by atoms with E-state index in [1.54, 1.807) is 17.0 Å². The Morgan fingerprint density at radius 2 is 2.04 bits per heavy atom. The highest BCUT2D eigenvalue weighted by molar-refractivity contribution is 6.30. The second kappa shape index (κ2) is 6.66. The van der Waals surface area contributed by atoms with Gasteiger partial charge in [0.2, 0.25) is 5.91 Å². The van der Waals surface area contributed by atoms with Gasteiger partial charge in [0.15, 0.2) is 0 Å². The van der Waals surface area contributed by atoms with Gasteiger partial charge < -0.3 is 9.47 Å². The SMILES string of the molecule is COC(=O)[C@H]1C(=O)N2c3ccccc3CO[C@]2(C)C[C@@H]1c1cccc(Cl)c1. The van der Waals surface area contributed by atoms with Crippen molar-refractivity contribution in [2.45, 2.75) is 31.6 Å². The molecular formula is C21H20ClNO4. The minimum Gasteiger partial charge on any atom is -0.468 e. The van der Waals surface area contributed by atoms with Crippen LogP contribution in [0.2, 0.25) is 5.02 Å². The lowest BCUT2D eigenvalue weighted by Gasteiger charge is -2.52. The van der Waals surface area contributed by atoms with Crippen molar-refractivity contribution in [2.75, 3.05) is 12.0 Å². The zero-order valence-electron chi connectivity index (χ0n) is 15.1. The summed E-state index contributed by atoms with van der Waals surface area (Å²) in [6.45, 7) is 2.31. The number of carbonyl (C=O) groups is 2. The van der Waals surface area contributed by atoms with Crippen molar-refractivity contribution in [3.63, 3.8) is 0 Å². The molecule has 0 bridgehead atoms. The van der Waals surface area contributed by atoms with Gasteiger partial charge in [-0.2, -0.15) is 0 Å². The van der Waals surface area contributed by atoms with E-state index in [0.717, 1.165) is 16.8 Å². The number of para-hydroxylation sites is 1. The highest BCUT2D eigenvalue weighted by Gasteiger charge is 2.55. The van der Waals surface area contributed by atoms with E-state index in [9.17, 15) is 9.59 Å². The summed E-state index contributed by atoms with van der Waals surface area (Å²) < 4.78 is 11.1. The number of rotatable bonds is 2. The number of halogens is 1. The fraction of sp³-hybridized carbons (Fsp3) is 0.333. The molecule has 2 heterocycles. The molecule has 1 amide bonds. The lowest BCUT2D eigenvalue weighted by molar-refractivity contribution is -0.159. The number of ether oxygens (including phenoxy) is 2. The molecule has 1 fully saturated rings.